The molecule has 0 amide bonds. The van der Waals surface area contributed by atoms with Gasteiger partial charge in [-0.15, -0.1) is 0 Å². The minimum atomic E-state index is -0.447. The van der Waals surface area contributed by atoms with Gasteiger partial charge < -0.3 is 15.4 Å². The van der Waals surface area contributed by atoms with Gasteiger partial charge in [-0.2, -0.15) is 0 Å². The number of nitrogens with one attached hydrogen (secondary N) is 2. The molecule has 1 saturated heterocycles. The fourth-order valence-electron chi connectivity index (χ4n) is 2.50. The number of nitrogens with zero attached hydrogens (tertiary/aromatic N) is 3. The van der Waals surface area contributed by atoms with E-state index in [2.05, 4.69) is 20.6 Å². The number of hydrogen-bond donors (Lipinski definition) is 2. The number of anilines is 2. The van der Waals surface area contributed by atoms with Crippen LogP contribution >= 0.6 is 0 Å². The molecule has 1 aromatic rings. The maximum atomic E-state index is 11.3. The van der Waals surface area contributed by atoms with Gasteiger partial charge in [0, 0.05) is 25.8 Å². The van der Waals surface area contributed by atoms with Gasteiger partial charge in [-0.25, -0.2) is 9.97 Å². The molecule has 0 radical (unpaired) electrons. The van der Waals surface area contributed by atoms with Gasteiger partial charge >= 0.3 is 5.69 Å². The number of rotatable bonds is 6. The first-order chi connectivity index (χ1) is 10.1. The van der Waals surface area contributed by atoms with Crippen LogP contribution in [-0.2, 0) is 4.74 Å². The van der Waals surface area contributed by atoms with E-state index in [0.717, 1.165) is 26.1 Å². The van der Waals surface area contributed by atoms with Crippen molar-refractivity contribution in [2.75, 3.05) is 30.4 Å². The highest BCUT2D eigenvalue weighted by atomic mass is 16.6. The fraction of sp³-hybridized carbons (Fsp3) is 0.692. The van der Waals surface area contributed by atoms with E-state index in [1.165, 1.54) is 6.33 Å². The largest absolute Gasteiger partial charge is 0.381 e. The normalized spacial score (nSPS) is 17.2. The van der Waals surface area contributed by atoms with E-state index in [4.69, 9.17) is 4.74 Å². The predicted molar refractivity (Wildman–Crippen MR) is 79.5 cm³/mol. The van der Waals surface area contributed by atoms with Crippen LogP contribution in [0.3, 0.4) is 0 Å². The number of ether oxygens (including phenoxy) is 1. The van der Waals surface area contributed by atoms with Crippen molar-refractivity contribution in [3.63, 3.8) is 0 Å². The van der Waals surface area contributed by atoms with Crippen molar-refractivity contribution in [1.29, 1.82) is 0 Å². The smallest absolute Gasteiger partial charge is 0.353 e. The van der Waals surface area contributed by atoms with Crippen molar-refractivity contribution in [3.05, 3.63) is 16.4 Å². The first-order valence-corrected chi connectivity index (χ1v) is 7.21. The van der Waals surface area contributed by atoms with E-state index in [9.17, 15) is 10.1 Å². The molecule has 1 atom stereocenters. The maximum Gasteiger partial charge on any atom is 0.353 e. The van der Waals surface area contributed by atoms with Gasteiger partial charge in [0.15, 0.2) is 0 Å². The number of nitro groups is 1. The van der Waals surface area contributed by atoms with Crippen molar-refractivity contribution in [2.24, 2.45) is 5.92 Å². The Bertz CT molecular complexity index is 491. The van der Waals surface area contributed by atoms with E-state index in [1.807, 2.05) is 13.8 Å². The Kier molecular flexibility index (Phi) is 5.26. The summed E-state index contributed by atoms with van der Waals surface area (Å²) in [5.41, 5.74) is -0.0988. The lowest BCUT2D eigenvalue weighted by Crippen LogP contribution is -2.31. The van der Waals surface area contributed by atoms with Crippen LogP contribution in [0.4, 0.5) is 17.3 Å². The molecule has 8 nitrogen and oxygen atoms in total. The first-order valence-electron chi connectivity index (χ1n) is 7.21. The van der Waals surface area contributed by atoms with E-state index in [-0.39, 0.29) is 23.4 Å². The predicted octanol–water partition coefficient (Wildman–Crippen LogP) is 2.04. The first kappa shape index (κ1) is 15.4. The summed E-state index contributed by atoms with van der Waals surface area (Å²) in [7, 11) is 0. The Labute approximate surface area is 123 Å². The summed E-state index contributed by atoms with van der Waals surface area (Å²) >= 11 is 0. The zero-order chi connectivity index (χ0) is 15.2. The molecule has 21 heavy (non-hydrogen) atoms. The summed E-state index contributed by atoms with van der Waals surface area (Å²) in [4.78, 5) is 18.8. The Balaban J connectivity index is 2.18. The molecule has 116 valence electrons. The third-order valence-corrected chi connectivity index (χ3v) is 3.69. The van der Waals surface area contributed by atoms with Crippen LogP contribution < -0.4 is 10.6 Å². The van der Waals surface area contributed by atoms with Crippen LogP contribution in [0, 0.1) is 16.0 Å². The molecule has 1 aliphatic heterocycles. The molecule has 0 spiro atoms. The summed E-state index contributed by atoms with van der Waals surface area (Å²) < 4.78 is 5.34. The molecular weight excluding hydrogens is 274 g/mol. The van der Waals surface area contributed by atoms with Crippen LogP contribution in [0.1, 0.15) is 26.7 Å². The quantitative estimate of drug-likeness (QED) is 0.611. The van der Waals surface area contributed by atoms with Gasteiger partial charge in [0.05, 0.1) is 4.92 Å². The minimum Gasteiger partial charge on any atom is -0.381 e. The van der Waals surface area contributed by atoms with Crippen molar-refractivity contribution < 1.29 is 9.66 Å². The second-order valence-electron chi connectivity index (χ2n) is 5.09. The summed E-state index contributed by atoms with van der Waals surface area (Å²) in [6.07, 6.45) is 3.24. The van der Waals surface area contributed by atoms with E-state index in [1.54, 1.807) is 0 Å². The maximum absolute atomic E-state index is 11.3. The Morgan fingerprint density at radius 3 is 2.71 bits per heavy atom. The Hall–Kier alpha value is -1.96. The topological polar surface area (TPSA) is 102 Å². The van der Waals surface area contributed by atoms with E-state index in [0.29, 0.717) is 12.5 Å². The highest BCUT2D eigenvalue weighted by molar-refractivity contribution is 5.69. The monoisotopic (exact) mass is 295 g/mol. The summed E-state index contributed by atoms with van der Waals surface area (Å²) in [6, 6.07) is 0.0944. The van der Waals surface area contributed by atoms with Gasteiger partial charge in [0.25, 0.3) is 0 Å². The number of aromatic nitrogens is 2. The summed E-state index contributed by atoms with van der Waals surface area (Å²) in [5.74, 6) is 0.944. The number of hydrogen-bond acceptors (Lipinski definition) is 7. The standard InChI is InChI=1S/C13H21N5O3/c1-3-14-12-11(18(19)20)13(16-8-15-12)17-9(2)10-4-6-21-7-5-10/h8-10H,3-7H2,1-2H3,(H2,14,15,16,17). The molecule has 8 heteroatoms. The third kappa shape index (κ3) is 3.78. The second-order valence-corrected chi connectivity index (χ2v) is 5.09. The lowest BCUT2D eigenvalue weighted by atomic mass is 9.93. The van der Waals surface area contributed by atoms with Crippen LogP contribution in [0.5, 0.6) is 0 Å². The molecule has 1 fully saturated rings. The zero-order valence-electron chi connectivity index (χ0n) is 12.3. The molecule has 0 saturated carbocycles. The second kappa shape index (κ2) is 7.16. The summed E-state index contributed by atoms with van der Waals surface area (Å²) in [6.45, 7) is 5.93. The lowest BCUT2D eigenvalue weighted by Gasteiger charge is -2.28. The average Bonchev–Trinajstić information content (AvgIpc) is 2.48. The molecule has 0 aliphatic carbocycles. The van der Waals surface area contributed by atoms with Crippen molar-refractivity contribution in [3.8, 4) is 0 Å². The molecule has 1 aromatic heterocycles. The highest BCUT2D eigenvalue weighted by Crippen LogP contribution is 2.30. The molecule has 0 bridgehead atoms. The minimum absolute atomic E-state index is 0.0944. The Morgan fingerprint density at radius 1 is 1.43 bits per heavy atom. The molecular formula is C13H21N5O3. The molecule has 2 rings (SSSR count). The van der Waals surface area contributed by atoms with Crippen LogP contribution in [-0.4, -0.2) is 40.7 Å². The molecule has 2 heterocycles. The Morgan fingerprint density at radius 2 is 2.10 bits per heavy atom. The van der Waals surface area contributed by atoms with Crippen LogP contribution in [0.2, 0.25) is 0 Å². The van der Waals surface area contributed by atoms with Gasteiger partial charge in [-0.1, -0.05) is 0 Å². The van der Waals surface area contributed by atoms with Gasteiger partial charge in [-0.05, 0) is 32.6 Å². The molecule has 1 aliphatic rings. The van der Waals surface area contributed by atoms with Crippen LogP contribution in [0.15, 0.2) is 6.33 Å². The van der Waals surface area contributed by atoms with Crippen molar-refractivity contribution in [1.82, 2.24) is 9.97 Å². The average molecular weight is 295 g/mol. The third-order valence-electron chi connectivity index (χ3n) is 3.69. The fourth-order valence-corrected chi connectivity index (χ4v) is 2.50. The molecule has 0 aromatic carbocycles. The SMILES string of the molecule is CCNc1ncnc(NC(C)C2CCOCC2)c1[N+](=O)[O-]. The van der Waals surface area contributed by atoms with Crippen molar-refractivity contribution in [2.45, 2.75) is 32.7 Å². The zero-order valence-corrected chi connectivity index (χ0v) is 12.3. The van der Waals surface area contributed by atoms with Crippen molar-refractivity contribution >= 4 is 17.3 Å². The van der Waals surface area contributed by atoms with E-state index < -0.39 is 4.92 Å². The van der Waals surface area contributed by atoms with Gasteiger partial charge in [0.2, 0.25) is 11.6 Å². The van der Waals surface area contributed by atoms with Crippen LogP contribution in [0.25, 0.3) is 0 Å². The van der Waals surface area contributed by atoms with Gasteiger partial charge in [0.1, 0.15) is 6.33 Å². The highest BCUT2D eigenvalue weighted by Gasteiger charge is 2.26. The van der Waals surface area contributed by atoms with Gasteiger partial charge in [-0.3, -0.25) is 10.1 Å². The summed E-state index contributed by atoms with van der Waals surface area (Å²) in [5, 5.41) is 17.4. The van der Waals surface area contributed by atoms with E-state index >= 15 is 0 Å². The molecule has 1 unspecified atom stereocenters. The molecule has 2 N–H and O–H groups in total. The lowest BCUT2D eigenvalue weighted by molar-refractivity contribution is -0.383.